The Morgan fingerprint density at radius 2 is 2.07 bits per heavy atom. The van der Waals surface area contributed by atoms with E-state index in [1.54, 1.807) is 30.6 Å². The molecule has 1 amide bonds. The van der Waals surface area contributed by atoms with E-state index in [-0.39, 0.29) is 24.6 Å². The van der Waals surface area contributed by atoms with Crippen LogP contribution in [0.2, 0.25) is 0 Å². The van der Waals surface area contributed by atoms with E-state index in [9.17, 15) is 4.79 Å². The number of aromatic nitrogens is 3. The summed E-state index contributed by atoms with van der Waals surface area (Å²) in [5.41, 5.74) is 1.43. The molecule has 2 aliphatic heterocycles. The van der Waals surface area contributed by atoms with E-state index in [0.29, 0.717) is 11.3 Å². The fourth-order valence-electron chi connectivity index (χ4n) is 4.50. The molecule has 2 aromatic heterocycles. The van der Waals surface area contributed by atoms with Gasteiger partial charge in [0.2, 0.25) is 0 Å². The molecule has 3 aromatic rings. The SMILES string of the molecule is N#CCOc1cccc(C(=O)N2[C@@H]3CC[C@@H]2CN(c2ncnc4[nH]ccc24)C3)c1. The number of amides is 1. The Bertz CT molecular complexity index is 1090. The molecule has 0 radical (unpaired) electrons. The lowest BCUT2D eigenvalue weighted by molar-refractivity contribution is 0.0641. The van der Waals surface area contributed by atoms with Gasteiger partial charge in [0.15, 0.2) is 6.61 Å². The van der Waals surface area contributed by atoms with E-state index in [4.69, 9.17) is 10.00 Å². The van der Waals surface area contributed by atoms with Crippen molar-refractivity contribution < 1.29 is 9.53 Å². The van der Waals surface area contributed by atoms with Crippen molar-refractivity contribution in [3.63, 3.8) is 0 Å². The van der Waals surface area contributed by atoms with Crippen LogP contribution < -0.4 is 9.64 Å². The lowest BCUT2D eigenvalue weighted by Gasteiger charge is -2.41. The van der Waals surface area contributed by atoms with Gasteiger partial charge >= 0.3 is 0 Å². The van der Waals surface area contributed by atoms with Crippen LogP contribution in [0.25, 0.3) is 11.0 Å². The van der Waals surface area contributed by atoms with Crippen LogP contribution >= 0.6 is 0 Å². The average molecular weight is 388 g/mol. The third-order valence-corrected chi connectivity index (χ3v) is 5.73. The number of anilines is 1. The maximum Gasteiger partial charge on any atom is 0.254 e. The molecular weight excluding hydrogens is 368 g/mol. The normalized spacial score (nSPS) is 20.7. The second-order valence-electron chi connectivity index (χ2n) is 7.41. The second-order valence-corrected chi connectivity index (χ2v) is 7.41. The minimum Gasteiger partial charge on any atom is -0.479 e. The molecule has 1 aromatic carbocycles. The Labute approximate surface area is 167 Å². The van der Waals surface area contributed by atoms with Crippen LogP contribution in [-0.4, -0.2) is 57.5 Å². The van der Waals surface area contributed by atoms with Gasteiger partial charge in [-0.05, 0) is 37.1 Å². The number of nitriles is 1. The average Bonchev–Trinajstić information content (AvgIpc) is 3.33. The zero-order chi connectivity index (χ0) is 19.8. The Morgan fingerprint density at radius 3 is 2.86 bits per heavy atom. The number of nitrogens with one attached hydrogen (secondary N) is 1. The quantitative estimate of drug-likeness (QED) is 0.737. The van der Waals surface area contributed by atoms with Gasteiger partial charge in [0.1, 0.15) is 29.6 Å². The molecule has 2 bridgehead atoms. The minimum atomic E-state index is -0.0336. The third-order valence-electron chi connectivity index (χ3n) is 5.73. The largest absolute Gasteiger partial charge is 0.479 e. The summed E-state index contributed by atoms with van der Waals surface area (Å²) in [4.78, 5) is 29.5. The van der Waals surface area contributed by atoms with Gasteiger partial charge in [0, 0.05) is 24.8 Å². The molecule has 146 valence electrons. The molecule has 0 unspecified atom stereocenters. The highest BCUT2D eigenvalue weighted by Crippen LogP contribution is 2.35. The van der Waals surface area contributed by atoms with Gasteiger partial charge in [-0.1, -0.05) is 6.07 Å². The molecule has 2 atom stereocenters. The molecule has 8 nitrogen and oxygen atoms in total. The summed E-state index contributed by atoms with van der Waals surface area (Å²) in [5.74, 6) is 1.49. The molecule has 2 aliphatic rings. The summed E-state index contributed by atoms with van der Waals surface area (Å²) in [6.45, 7) is 1.47. The van der Waals surface area contributed by atoms with Gasteiger partial charge in [-0.2, -0.15) is 5.26 Å². The summed E-state index contributed by atoms with van der Waals surface area (Å²) >= 11 is 0. The number of fused-ring (bicyclic) bond motifs is 3. The first-order chi connectivity index (χ1) is 14.2. The van der Waals surface area contributed by atoms with Crippen LogP contribution in [0.3, 0.4) is 0 Å². The van der Waals surface area contributed by atoms with Crippen LogP contribution in [0.15, 0.2) is 42.9 Å². The molecule has 0 spiro atoms. The highest BCUT2D eigenvalue weighted by Gasteiger charge is 2.43. The maximum atomic E-state index is 13.3. The highest BCUT2D eigenvalue weighted by atomic mass is 16.5. The standard InChI is InChI=1S/C21H20N6O2/c22-7-9-29-17-3-1-2-14(10-17)21(28)27-15-4-5-16(27)12-26(11-15)20-18-6-8-23-19(18)24-13-25-20/h1-3,6,8,10,13,15-16H,4-5,9,11-12H2,(H,23,24,25)/t15-,16-/m1/s1. The molecule has 5 rings (SSSR count). The van der Waals surface area contributed by atoms with Gasteiger partial charge in [-0.15, -0.1) is 0 Å². The summed E-state index contributed by atoms with van der Waals surface area (Å²) in [6, 6.07) is 11.3. The van der Waals surface area contributed by atoms with Crippen molar-refractivity contribution in [3.05, 3.63) is 48.4 Å². The van der Waals surface area contributed by atoms with Gasteiger partial charge in [-0.25, -0.2) is 9.97 Å². The number of rotatable bonds is 4. The van der Waals surface area contributed by atoms with Crippen molar-refractivity contribution in [1.29, 1.82) is 5.26 Å². The zero-order valence-corrected chi connectivity index (χ0v) is 15.8. The van der Waals surface area contributed by atoms with Gasteiger partial charge in [0.05, 0.1) is 17.5 Å². The lowest BCUT2D eigenvalue weighted by atomic mass is 10.1. The van der Waals surface area contributed by atoms with Crippen LogP contribution in [0.4, 0.5) is 5.82 Å². The first-order valence-corrected chi connectivity index (χ1v) is 9.70. The van der Waals surface area contributed by atoms with Gasteiger partial charge in [-0.3, -0.25) is 4.79 Å². The number of nitrogens with zero attached hydrogens (tertiary/aromatic N) is 5. The van der Waals surface area contributed by atoms with Crippen molar-refractivity contribution >= 4 is 22.8 Å². The number of H-pyrrole nitrogens is 1. The number of ether oxygens (including phenoxy) is 1. The topological polar surface area (TPSA) is 98.1 Å². The van der Waals surface area contributed by atoms with Crippen LogP contribution in [-0.2, 0) is 0 Å². The van der Waals surface area contributed by atoms with Crippen molar-refractivity contribution in [3.8, 4) is 11.8 Å². The fraction of sp³-hybridized carbons (Fsp3) is 0.333. The van der Waals surface area contributed by atoms with Crippen LogP contribution in [0, 0.1) is 11.3 Å². The lowest BCUT2D eigenvalue weighted by Crippen LogP contribution is -2.56. The van der Waals surface area contributed by atoms with E-state index < -0.39 is 0 Å². The predicted octanol–water partition coefficient (Wildman–Crippen LogP) is 2.35. The summed E-state index contributed by atoms with van der Waals surface area (Å²) in [7, 11) is 0. The van der Waals surface area contributed by atoms with E-state index in [1.807, 2.05) is 23.2 Å². The molecular formula is C21H20N6O2. The van der Waals surface area contributed by atoms with E-state index in [0.717, 1.165) is 42.8 Å². The smallest absolute Gasteiger partial charge is 0.254 e. The molecule has 2 saturated heterocycles. The number of carbonyl (C=O) groups excluding carboxylic acids is 1. The van der Waals surface area contributed by atoms with Crippen molar-refractivity contribution in [2.24, 2.45) is 0 Å². The van der Waals surface area contributed by atoms with E-state index in [1.165, 1.54) is 0 Å². The third kappa shape index (κ3) is 3.05. The summed E-state index contributed by atoms with van der Waals surface area (Å²) in [6.07, 6.45) is 5.43. The number of piperazine rings is 1. The first kappa shape index (κ1) is 17.5. The Morgan fingerprint density at radius 1 is 1.24 bits per heavy atom. The molecule has 2 fully saturated rings. The monoisotopic (exact) mass is 388 g/mol. The molecule has 1 N–H and O–H groups in total. The van der Waals surface area contributed by atoms with Crippen LogP contribution in [0.5, 0.6) is 5.75 Å². The fourth-order valence-corrected chi connectivity index (χ4v) is 4.50. The number of hydrogen-bond acceptors (Lipinski definition) is 6. The second kappa shape index (κ2) is 7.09. The maximum absolute atomic E-state index is 13.3. The Balaban J connectivity index is 1.37. The van der Waals surface area contributed by atoms with Gasteiger partial charge < -0.3 is 19.5 Å². The molecule has 29 heavy (non-hydrogen) atoms. The van der Waals surface area contributed by atoms with Crippen LogP contribution in [0.1, 0.15) is 23.2 Å². The van der Waals surface area contributed by atoms with E-state index >= 15 is 0 Å². The van der Waals surface area contributed by atoms with Crippen molar-refractivity contribution in [1.82, 2.24) is 19.9 Å². The summed E-state index contributed by atoms with van der Waals surface area (Å²) in [5, 5.41) is 9.70. The minimum absolute atomic E-state index is 0.0223. The first-order valence-electron chi connectivity index (χ1n) is 9.70. The number of aromatic amines is 1. The van der Waals surface area contributed by atoms with E-state index in [2.05, 4.69) is 19.9 Å². The highest BCUT2D eigenvalue weighted by molar-refractivity contribution is 5.95. The molecule has 8 heteroatoms. The number of benzene rings is 1. The predicted molar refractivity (Wildman–Crippen MR) is 107 cm³/mol. The Hall–Kier alpha value is -3.60. The Kier molecular flexibility index (Phi) is 4.28. The number of carbonyl (C=O) groups is 1. The van der Waals surface area contributed by atoms with Crippen molar-refractivity contribution in [2.75, 3.05) is 24.6 Å². The van der Waals surface area contributed by atoms with Crippen molar-refractivity contribution in [2.45, 2.75) is 24.9 Å². The summed E-state index contributed by atoms with van der Waals surface area (Å²) < 4.78 is 5.35. The zero-order valence-electron chi connectivity index (χ0n) is 15.8. The molecule has 4 heterocycles. The molecule has 0 aliphatic carbocycles. The van der Waals surface area contributed by atoms with Gasteiger partial charge in [0.25, 0.3) is 5.91 Å². The molecule has 0 saturated carbocycles. The number of hydrogen-bond donors (Lipinski definition) is 1.